The first-order valence-corrected chi connectivity index (χ1v) is 8.46. The highest BCUT2D eigenvalue weighted by Crippen LogP contribution is 2.23. The van der Waals surface area contributed by atoms with Gasteiger partial charge in [-0.2, -0.15) is 0 Å². The molecule has 0 aliphatic heterocycles. The Labute approximate surface area is 151 Å². The van der Waals surface area contributed by atoms with Gasteiger partial charge in [-0.1, -0.05) is 29.3 Å². The van der Waals surface area contributed by atoms with Crippen LogP contribution in [-0.2, 0) is 11.2 Å². The number of hydrogen-bond acceptors (Lipinski definition) is 5. The van der Waals surface area contributed by atoms with Gasteiger partial charge < -0.3 is 10.1 Å². The van der Waals surface area contributed by atoms with E-state index in [4.69, 9.17) is 27.9 Å². The smallest absolute Gasteiger partial charge is 0.338 e. The van der Waals surface area contributed by atoms with Crippen molar-refractivity contribution in [2.45, 2.75) is 26.7 Å². The molecule has 0 unspecified atom stereocenters. The Morgan fingerprint density at radius 2 is 2.00 bits per heavy atom. The van der Waals surface area contributed by atoms with Crippen LogP contribution in [0.3, 0.4) is 0 Å². The van der Waals surface area contributed by atoms with E-state index >= 15 is 0 Å². The first-order valence-electron chi connectivity index (χ1n) is 7.71. The fourth-order valence-electron chi connectivity index (χ4n) is 2.26. The number of carbonyl (C=O) groups is 1. The molecule has 2 aromatic rings. The second-order valence-corrected chi connectivity index (χ2v) is 5.93. The van der Waals surface area contributed by atoms with Crippen LogP contribution in [0.1, 0.15) is 34.8 Å². The Bertz CT molecular complexity index is 723. The molecule has 1 heterocycles. The normalized spacial score (nSPS) is 10.5. The first kappa shape index (κ1) is 18.5. The SMILES string of the molecule is CCOC(=O)c1cccc(NCCCc2c(Cl)nnc(Cl)c2C)c1. The molecule has 1 aromatic heterocycles. The molecule has 0 spiro atoms. The molecule has 0 radical (unpaired) electrons. The summed E-state index contributed by atoms with van der Waals surface area (Å²) in [5.41, 5.74) is 3.18. The minimum atomic E-state index is -0.318. The van der Waals surface area contributed by atoms with Crippen molar-refractivity contribution in [3.63, 3.8) is 0 Å². The molecule has 0 saturated heterocycles. The van der Waals surface area contributed by atoms with E-state index in [2.05, 4.69) is 15.5 Å². The largest absolute Gasteiger partial charge is 0.462 e. The summed E-state index contributed by atoms with van der Waals surface area (Å²) in [4.78, 5) is 11.7. The summed E-state index contributed by atoms with van der Waals surface area (Å²) in [7, 11) is 0. The lowest BCUT2D eigenvalue weighted by Gasteiger charge is -2.10. The van der Waals surface area contributed by atoms with Gasteiger partial charge in [0.15, 0.2) is 10.3 Å². The molecule has 0 atom stereocenters. The van der Waals surface area contributed by atoms with E-state index < -0.39 is 0 Å². The van der Waals surface area contributed by atoms with E-state index in [9.17, 15) is 4.79 Å². The highest BCUT2D eigenvalue weighted by Gasteiger charge is 2.10. The Morgan fingerprint density at radius 3 is 2.75 bits per heavy atom. The van der Waals surface area contributed by atoms with E-state index in [1.165, 1.54) is 0 Å². The number of halogens is 2. The van der Waals surface area contributed by atoms with Crippen LogP contribution in [0.15, 0.2) is 24.3 Å². The summed E-state index contributed by atoms with van der Waals surface area (Å²) in [6.45, 7) is 4.75. The summed E-state index contributed by atoms with van der Waals surface area (Å²) in [6.07, 6.45) is 1.58. The zero-order chi connectivity index (χ0) is 17.5. The molecular weight excluding hydrogens is 349 g/mol. The molecule has 1 N–H and O–H groups in total. The van der Waals surface area contributed by atoms with E-state index in [1.807, 2.05) is 19.1 Å². The molecule has 0 aliphatic rings. The van der Waals surface area contributed by atoms with Crippen molar-refractivity contribution in [2.75, 3.05) is 18.5 Å². The number of benzene rings is 1. The molecule has 0 fully saturated rings. The third-order valence-corrected chi connectivity index (χ3v) is 4.21. The van der Waals surface area contributed by atoms with Gasteiger partial charge in [0.25, 0.3) is 0 Å². The Balaban J connectivity index is 1.90. The summed E-state index contributed by atoms with van der Waals surface area (Å²) < 4.78 is 5.00. The number of esters is 1. The van der Waals surface area contributed by atoms with Crippen LogP contribution in [0, 0.1) is 6.92 Å². The van der Waals surface area contributed by atoms with Crippen molar-refractivity contribution in [2.24, 2.45) is 0 Å². The highest BCUT2D eigenvalue weighted by atomic mass is 35.5. The molecule has 24 heavy (non-hydrogen) atoms. The van der Waals surface area contributed by atoms with Crippen LogP contribution in [-0.4, -0.2) is 29.3 Å². The monoisotopic (exact) mass is 367 g/mol. The minimum Gasteiger partial charge on any atom is -0.462 e. The molecule has 0 aliphatic carbocycles. The molecular formula is C17H19Cl2N3O2. The fourth-order valence-corrected chi connectivity index (χ4v) is 2.69. The number of nitrogens with one attached hydrogen (secondary N) is 1. The van der Waals surface area contributed by atoms with Crippen LogP contribution in [0.25, 0.3) is 0 Å². The minimum absolute atomic E-state index is 0.318. The average molecular weight is 368 g/mol. The van der Waals surface area contributed by atoms with Crippen molar-refractivity contribution in [3.05, 3.63) is 51.3 Å². The van der Waals surface area contributed by atoms with E-state index in [0.717, 1.165) is 36.2 Å². The van der Waals surface area contributed by atoms with Gasteiger partial charge in [0.1, 0.15) is 0 Å². The number of nitrogens with zero attached hydrogens (tertiary/aromatic N) is 2. The Morgan fingerprint density at radius 1 is 1.25 bits per heavy atom. The topological polar surface area (TPSA) is 64.1 Å². The van der Waals surface area contributed by atoms with Crippen LogP contribution < -0.4 is 5.32 Å². The van der Waals surface area contributed by atoms with Crippen molar-refractivity contribution >= 4 is 34.9 Å². The van der Waals surface area contributed by atoms with Crippen LogP contribution >= 0.6 is 23.2 Å². The third kappa shape index (κ3) is 4.82. The molecule has 0 bridgehead atoms. The predicted octanol–water partition coefficient (Wildman–Crippen LogP) is 4.31. The van der Waals surface area contributed by atoms with Gasteiger partial charge in [0.05, 0.1) is 12.2 Å². The van der Waals surface area contributed by atoms with Gasteiger partial charge in [-0.25, -0.2) is 4.79 Å². The van der Waals surface area contributed by atoms with Crippen molar-refractivity contribution in [1.29, 1.82) is 0 Å². The zero-order valence-electron chi connectivity index (χ0n) is 13.6. The number of hydrogen-bond donors (Lipinski definition) is 1. The number of ether oxygens (including phenoxy) is 1. The Kier molecular flexibility index (Phi) is 6.82. The first-order chi connectivity index (χ1) is 11.5. The van der Waals surface area contributed by atoms with Gasteiger partial charge in [-0.3, -0.25) is 0 Å². The number of carbonyl (C=O) groups excluding carboxylic acids is 1. The molecule has 0 amide bonds. The Hall–Kier alpha value is -1.85. The number of aromatic nitrogens is 2. The summed E-state index contributed by atoms with van der Waals surface area (Å²) in [6, 6.07) is 7.24. The molecule has 2 rings (SSSR count). The van der Waals surface area contributed by atoms with E-state index in [-0.39, 0.29) is 5.97 Å². The van der Waals surface area contributed by atoms with Crippen LogP contribution in [0.4, 0.5) is 5.69 Å². The standard InChI is InChI=1S/C17H19Cl2N3O2/c1-3-24-17(23)12-6-4-7-13(10-12)20-9-5-8-14-11(2)15(18)21-22-16(14)19/h4,6-7,10,20H,3,5,8-9H2,1-2H3. The van der Waals surface area contributed by atoms with Gasteiger partial charge in [0.2, 0.25) is 0 Å². The zero-order valence-corrected chi connectivity index (χ0v) is 15.1. The lowest BCUT2D eigenvalue weighted by molar-refractivity contribution is 0.0526. The maximum absolute atomic E-state index is 11.7. The lowest BCUT2D eigenvalue weighted by atomic mass is 10.1. The fraction of sp³-hybridized carbons (Fsp3) is 0.353. The van der Waals surface area contributed by atoms with Crippen molar-refractivity contribution in [1.82, 2.24) is 10.2 Å². The van der Waals surface area contributed by atoms with E-state index in [1.54, 1.807) is 19.1 Å². The van der Waals surface area contributed by atoms with Crippen molar-refractivity contribution in [3.8, 4) is 0 Å². The third-order valence-electron chi connectivity index (χ3n) is 3.54. The van der Waals surface area contributed by atoms with Gasteiger partial charge in [-0.05, 0) is 56.0 Å². The van der Waals surface area contributed by atoms with Gasteiger partial charge >= 0.3 is 5.97 Å². The molecule has 5 nitrogen and oxygen atoms in total. The molecule has 0 saturated carbocycles. The molecule has 128 valence electrons. The quantitative estimate of drug-likeness (QED) is 0.583. The second kappa shape index (κ2) is 8.85. The number of rotatable bonds is 7. The molecule has 7 heteroatoms. The van der Waals surface area contributed by atoms with E-state index in [0.29, 0.717) is 22.5 Å². The predicted molar refractivity (Wildman–Crippen MR) is 96.0 cm³/mol. The molecule has 1 aromatic carbocycles. The number of anilines is 1. The summed E-state index contributed by atoms with van der Waals surface area (Å²) >= 11 is 12.1. The maximum atomic E-state index is 11.7. The summed E-state index contributed by atoms with van der Waals surface area (Å²) in [5.74, 6) is -0.318. The van der Waals surface area contributed by atoms with Crippen molar-refractivity contribution < 1.29 is 9.53 Å². The van der Waals surface area contributed by atoms with Crippen LogP contribution in [0.5, 0.6) is 0 Å². The van der Waals surface area contributed by atoms with Gasteiger partial charge in [0, 0.05) is 12.2 Å². The highest BCUT2D eigenvalue weighted by molar-refractivity contribution is 6.32. The van der Waals surface area contributed by atoms with Crippen LogP contribution in [0.2, 0.25) is 10.3 Å². The summed E-state index contributed by atoms with van der Waals surface area (Å²) in [5, 5.41) is 11.7. The second-order valence-electron chi connectivity index (χ2n) is 5.22. The average Bonchev–Trinajstić information content (AvgIpc) is 2.58. The van der Waals surface area contributed by atoms with Gasteiger partial charge in [-0.15, -0.1) is 10.2 Å². The lowest BCUT2D eigenvalue weighted by Crippen LogP contribution is -2.07. The maximum Gasteiger partial charge on any atom is 0.338 e.